The molecule has 0 aromatic heterocycles. The first-order chi connectivity index (χ1) is 9.53. The Kier molecular flexibility index (Phi) is 4.88. The molecule has 0 amide bonds. The summed E-state index contributed by atoms with van der Waals surface area (Å²) in [6.45, 7) is 4.37. The van der Waals surface area contributed by atoms with Gasteiger partial charge in [-0.1, -0.05) is 17.9 Å². The minimum absolute atomic E-state index is 0.244. The second kappa shape index (κ2) is 6.64. The maximum atomic E-state index is 12.1. The molecule has 6 heteroatoms. The maximum absolute atomic E-state index is 12.1. The molecule has 2 rings (SSSR count). The van der Waals surface area contributed by atoms with Crippen LogP contribution in [0.4, 0.5) is 13.2 Å². The minimum atomic E-state index is -4.67. The van der Waals surface area contributed by atoms with E-state index in [0.717, 1.165) is 26.2 Å². The maximum Gasteiger partial charge on any atom is 0.573 e. The van der Waals surface area contributed by atoms with Crippen molar-refractivity contribution in [2.24, 2.45) is 0 Å². The van der Waals surface area contributed by atoms with Crippen molar-refractivity contribution in [3.63, 3.8) is 0 Å². The van der Waals surface area contributed by atoms with Crippen molar-refractivity contribution in [1.82, 2.24) is 10.2 Å². The molecular weight excluding hydrogens is 269 g/mol. The smallest absolute Gasteiger partial charge is 0.406 e. The molecule has 0 unspecified atom stereocenters. The van der Waals surface area contributed by atoms with E-state index in [2.05, 4.69) is 26.8 Å². The van der Waals surface area contributed by atoms with E-state index in [0.29, 0.717) is 12.1 Å². The van der Waals surface area contributed by atoms with Crippen molar-refractivity contribution in [2.45, 2.75) is 6.36 Å². The third-order valence-electron chi connectivity index (χ3n) is 2.81. The molecule has 1 fully saturated rings. The first-order valence-corrected chi connectivity index (χ1v) is 6.31. The van der Waals surface area contributed by atoms with Gasteiger partial charge in [-0.25, -0.2) is 0 Å². The fourth-order valence-electron chi connectivity index (χ4n) is 1.89. The lowest BCUT2D eigenvalue weighted by atomic mass is 10.2. The Labute approximate surface area is 115 Å². The third kappa shape index (κ3) is 5.11. The molecule has 1 heterocycles. The number of hydrogen-bond acceptors (Lipinski definition) is 3. The molecule has 1 aromatic rings. The molecule has 1 aromatic carbocycles. The average Bonchev–Trinajstić information content (AvgIpc) is 2.38. The van der Waals surface area contributed by atoms with E-state index in [1.54, 1.807) is 6.07 Å². The lowest BCUT2D eigenvalue weighted by molar-refractivity contribution is -0.274. The molecule has 1 N–H and O–H groups in total. The molecule has 0 atom stereocenters. The molecule has 0 radical (unpaired) electrons. The van der Waals surface area contributed by atoms with E-state index < -0.39 is 6.36 Å². The third-order valence-corrected chi connectivity index (χ3v) is 2.81. The molecule has 3 nitrogen and oxygen atoms in total. The van der Waals surface area contributed by atoms with E-state index in [4.69, 9.17) is 0 Å². The van der Waals surface area contributed by atoms with Crippen LogP contribution in [0, 0.1) is 11.8 Å². The Morgan fingerprint density at radius 1 is 1.25 bits per heavy atom. The fraction of sp³-hybridized carbons (Fsp3) is 0.429. The Balaban J connectivity index is 1.94. The van der Waals surface area contributed by atoms with Crippen LogP contribution in [0.25, 0.3) is 0 Å². The van der Waals surface area contributed by atoms with E-state index >= 15 is 0 Å². The van der Waals surface area contributed by atoms with Crippen molar-refractivity contribution in [2.75, 3.05) is 32.7 Å². The van der Waals surface area contributed by atoms with E-state index in [1.807, 2.05) is 0 Å². The Morgan fingerprint density at radius 2 is 2.00 bits per heavy atom. The number of hydrogen-bond donors (Lipinski definition) is 1. The normalized spacial score (nSPS) is 16.4. The quantitative estimate of drug-likeness (QED) is 0.839. The van der Waals surface area contributed by atoms with E-state index in [-0.39, 0.29) is 5.75 Å². The van der Waals surface area contributed by atoms with Gasteiger partial charge < -0.3 is 10.1 Å². The molecule has 0 bridgehead atoms. The average molecular weight is 284 g/mol. The predicted molar refractivity (Wildman–Crippen MR) is 69.3 cm³/mol. The lowest BCUT2D eigenvalue weighted by Crippen LogP contribution is -2.43. The summed E-state index contributed by atoms with van der Waals surface area (Å²) in [5, 5.41) is 3.24. The van der Waals surface area contributed by atoms with E-state index in [1.165, 1.54) is 18.2 Å². The van der Waals surface area contributed by atoms with Crippen molar-refractivity contribution in [3.05, 3.63) is 29.8 Å². The van der Waals surface area contributed by atoms with Crippen molar-refractivity contribution in [3.8, 4) is 17.6 Å². The van der Waals surface area contributed by atoms with Gasteiger partial charge in [0.2, 0.25) is 0 Å². The summed E-state index contributed by atoms with van der Waals surface area (Å²) in [6, 6.07) is 5.71. The van der Waals surface area contributed by atoms with Crippen LogP contribution in [-0.2, 0) is 0 Å². The van der Waals surface area contributed by atoms with Crippen LogP contribution in [0.1, 0.15) is 5.56 Å². The topological polar surface area (TPSA) is 24.5 Å². The van der Waals surface area contributed by atoms with Crippen molar-refractivity contribution in [1.29, 1.82) is 0 Å². The molecule has 1 aliphatic rings. The second-order valence-electron chi connectivity index (χ2n) is 4.40. The summed E-state index contributed by atoms with van der Waals surface area (Å²) in [5.41, 5.74) is 0.516. The van der Waals surface area contributed by atoms with Gasteiger partial charge in [0.25, 0.3) is 0 Å². The van der Waals surface area contributed by atoms with Crippen LogP contribution >= 0.6 is 0 Å². The van der Waals surface area contributed by atoms with Crippen LogP contribution in [0.5, 0.6) is 5.75 Å². The molecule has 0 saturated carbocycles. The molecule has 1 aliphatic heterocycles. The SMILES string of the molecule is FC(F)(F)Oc1cccc(C#CCN2CCNCC2)c1. The van der Waals surface area contributed by atoms with Gasteiger partial charge in [-0.05, 0) is 18.2 Å². The number of nitrogens with one attached hydrogen (secondary N) is 1. The van der Waals surface area contributed by atoms with Crippen LogP contribution < -0.4 is 10.1 Å². The molecule has 0 spiro atoms. The lowest BCUT2D eigenvalue weighted by Gasteiger charge is -2.24. The summed E-state index contributed by atoms with van der Waals surface area (Å²) in [4.78, 5) is 2.19. The number of nitrogens with zero attached hydrogens (tertiary/aromatic N) is 1. The molecular formula is C14H15F3N2O. The summed E-state index contributed by atoms with van der Waals surface area (Å²) in [7, 11) is 0. The number of alkyl halides is 3. The Hall–Kier alpha value is -1.71. The van der Waals surface area contributed by atoms with Gasteiger partial charge in [0.1, 0.15) is 5.75 Å². The van der Waals surface area contributed by atoms with Gasteiger partial charge in [0, 0.05) is 31.7 Å². The Bertz CT molecular complexity index is 499. The zero-order valence-corrected chi connectivity index (χ0v) is 10.8. The summed E-state index contributed by atoms with van der Waals surface area (Å²) < 4.78 is 40.1. The number of piperazine rings is 1. The van der Waals surface area contributed by atoms with Crippen LogP contribution in [0.15, 0.2) is 24.3 Å². The Morgan fingerprint density at radius 3 is 2.70 bits per heavy atom. The fourth-order valence-corrected chi connectivity index (χ4v) is 1.89. The van der Waals surface area contributed by atoms with Crippen LogP contribution in [0.2, 0.25) is 0 Å². The van der Waals surface area contributed by atoms with Crippen LogP contribution in [-0.4, -0.2) is 44.0 Å². The number of benzene rings is 1. The van der Waals surface area contributed by atoms with Crippen molar-refractivity contribution >= 4 is 0 Å². The highest BCUT2D eigenvalue weighted by atomic mass is 19.4. The highest BCUT2D eigenvalue weighted by Crippen LogP contribution is 2.22. The number of ether oxygens (including phenoxy) is 1. The highest BCUT2D eigenvalue weighted by molar-refractivity contribution is 5.40. The number of rotatable bonds is 2. The molecule has 20 heavy (non-hydrogen) atoms. The monoisotopic (exact) mass is 284 g/mol. The molecule has 108 valence electrons. The van der Waals surface area contributed by atoms with E-state index in [9.17, 15) is 13.2 Å². The first kappa shape index (κ1) is 14.7. The van der Waals surface area contributed by atoms with Gasteiger partial charge in [-0.3, -0.25) is 4.90 Å². The van der Waals surface area contributed by atoms with Gasteiger partial charge in [0.05, 0.1) is 6.54 Å². The standard InChI is InChI=1S/C14H15F3N2O/c15-14(16,17)20-13-5-1-3-12(11-13)4-2-8-19-9-6-18-7-10-19/h1,3,5,11,18H,6-10H2. The van der Waals surface area contributed by atoms with Crippen LogP contribution in [0.3, 0.4) is 0 Å². The van der Waals surface area contributed by atoms with Gasteiger partial charge in [-0.15, -0.1) is 13.2 Å². The molecule has 1 saturated heterocycles. The zero-order chi connectivity index (χ0) is 14.4. The minimum Gasteiger partial charge on any atom is -0.406 e. The summed E-state index contributed by atoms with van der Waals surface area (Å²) in [6.07, 6.45) is -4.67. The first-order valence-electron chi connectivity index (χ1n) is 6.31. The zero-order valence-electron chi connectivity index (χ0n) is 10.8. The van der Waals surface area contributed by atoms with Gasteiger partial charge >= 0.3 is 6.36 Å². The van der Waals surface area contributed by atoms with Crippen molar-refractivity contribution < 1.29 is 17.9 Å². The molecule has 0 aliphatic carbocycles. The van der Waals surface area contributed by atoms with Gasteiger partial charge in [-0.2, -0.15) is 0 Å². The summed E-state index contributed by atoms with van der Waals surface area (Å²) >= 11 is 0. The number of halogens is 3. The predicted octanol–water partition coefficient (Wildman–Crippen LogP) is 1.84. The largest absolute Gasteiger partial charge is 0.573 e. The summed E-state index contributed by atoms with van der Waals surface area (Å²) in [5.74, 6) is 5.59. The highest BCUT2D eigenvalue weighted by Gasteiger charge is 2.31. The second-order valence-corrected chi connectivity index (χ2v) is 4.40. The van der Waals surface area contributed by atoms with Gasteiger partial charge in [0.15, 0.2) is 0 Å².